The topological polar surface area (TPSA) is 27.7 Å². The number of hydrogen-bond acceptors (Lipinski definition) is 3. The van der Waals surface area contributed by atoms with Gasteiger partial charge in [-0.1, -0.05) is 49.1 Å². The van der Waals surface area contributed by atoms with Gasteiger partial charge in [0.2, 0.25) is 0 Å². The number of rotatable bonds is 9. The molecule has 0 fully saturated rings. The minimum atomic E-state index is -3.10. The standard InChI is InChI=1S/C24H21F3O3/c1-3-5-13-29-23-21(30-24(26)27)15-18-14-17(8-11-20(18)22(23)25)16-6-9-19(10-7-16)28-12-4-2/h3-11,14-15,24H,2,12-13H2,1H3. The third kappa shape index (κ3) is 4.95. The van der Waals surface area contributed by atoms with Crippen molar-refractivity contribution in [3.05, 3.63) is 79.2 Å². The van der Waals surface area contributed by atoms with Crippen LogP contribution in [0.3, 0.4) is 0 Å². The summed E-state index contributed by atoms with van der Waals surface area (Å²) in [6.07, 6.45) is 5.01. The summed E-state index contributed by atoms with van der Waals surface area (Å²) in [6.45, 7) is 2.72. The summed E-state index contributed by atoms with van der Waals surface area (Å²) < 4.78 is 56.0. The fraction of sp³-hybridized carbons (Fsp3) is 0.167. The summed E-state index contributed by atoms with van der Waals surface area (Å²) >= 11 is 0. The van der Waals surface area contributed by atoms with Gasteiger partial charge >= 0.3 is 6.61 Å². The van der Waals surface area contributed by atoms with Crippen LogP contribution in [0.25, 0.3) is 21.9 Å². The van der Waals surface area contributed by atoms with Crippen LogP contribution in [-0.2, 0) is 0 Å². The van der Waals surface area contributed by atoms with Crippen LogP contribution in [0.15, 0.2) is 73.3 Å². The van der Waals surface area contributed by atoms with Crippen LogP contribution >= 0.6 is 0 Å². The van der Waals surface area contributed by atoms with Crippen LogP contribution < -0.4 is 14.2 Å². The van der Waals surface area contributed by atoms with Gasteiger partial charge in [-0.15, -0.1) is 0 Å². The third-order valence-corrected chi connectivity index (χ3v) is 4.33. The van der Waals surface area contributed by atoms with Gasteiger partial charge in [-0.25, -0.2) is 4.39 Å². The molecule has 0 aliphatic carbocycles. The van der Waals surface area contributed by atoms with E-state index in [1.54, 1.807) is 43.4 Å². The lowest BCUT2D eigenvalue weighted by Crippen LogP contribution is -2.06. The van der Waals surface area contributed by atoms with Crippen molar-refractivity contribution in [2.45, 2.75) is 13.5 Å². The second kappa shape index (κ2) is 9.87. The van der Waals surface area contributed by atoms with E-state index in [0.717, 1.165) is 11.1 Å². The fourth-order valence-electron chi connectivity index (χ4n) is 2.94. The Morgan fingerprint density at radius 1 is 0.967 bits per heavy atom. The summed E-state index contributed by atoms with van der Waals surface area (Å²) in [4.78, 5) is 0. The molecule has 0 saturated heterocycles. The van der Waals surface area contributed by atoms with E-state index >= 15 is 4.39 Å². The SMILES string of the molecule is C=CCOc1ccc(-c2ccc3c(F)c(OCC=CC)c(OC(F)F)cc3c2)cc1. The predicted molar refractivity (Wildman–Crippen MR) is 112 cm³/mol. The minimum absolute atomic E-state index is 0.0386. The lowest BCUT2D eigenvalue weighted by Gasteiger charge is -2.15. The zero-order valence-electron chi connectivity index (χ0n) is 16.4. The van der Waals surface area contributed by atoms with Crippen LogP contribution in [0.5, 0.6) is 17.2 Å². The Hall–Kier alpha value is -3.41. The van der Waals surface area contributed by atoms with Crippen molar-refractivity contribution >= 4 is 10.8 Å². The highest BCUT2D eigenvalue weighted by Gasteiger charge is 2.19. The van der Waals surface area contributed by atoms with Gasteiger partial charge in [0.05, 0.1) is 0 Å². The normalized spacial score (nSPS) is 11.2. The van der Waals surface area contributed by atoms with Crippen LogP contribution in [0.2, 0.25) is 0 Å². The first-order valence-corrected chi connectivity index (χ1v) is 9.32. The van der Waals surface area contributed by atoms with Crippen LogP contribution in [0.4, 0.5) is 13.2 Å². The minimum Gasteiger partial charge on any atom is -0.490 e. The maximum atomic E-state index is 15.0. The number of benzene rings is 3. The van der Waals surface area contributed by atoms with E-state index in [-0.39, 0.29) is 23.5 Å². The highest BCUT2D eigenvalue weighted by atomic mass is 19.3. The summed E-state index contributed by atoms with van der Waals surface area (Å²) in [5, 5.41) is 0.674. The molecule has 0 aliphatic rings. The largest absolute Gasteiger partial charge is 0.490 e. The number of ether oxygens (including phenoxy) is 3. The van der Waals surface area contributed by atoms with Gasteiger partial charge < -0.3 is 14.2 Å². The van der Waals surface area contributed by atoms with E-state index in [1.807, 2.05) is 24.3 Å². The molecule has 0 atom stereocenters. The second-order valence-corrected chi connectivity index (χ2v) is 6.34. The third-order valence-electron chi connectivity index (χ3n) is 4.33. The fourth-order valence-corrected chi connectivity index (χ4v) is 2.94. The van der Waals surface area contributed by atoms with Crippen molar-refractivity contribution in [1.29, 1.82) is 0 Å². The van der Waals surface area contributed by atoms with Gasteiger partial charge in [-0.2, -0.15) is 8.78 Å². The summed E-state index contributed by atoms with van der Waals surface area (Å²) in [5.74, 6) is -0.726. The molecule has 0 aromatic heterocycles. The maximum Gasteiger partial charge on any atom is 0.387 e. The van der Waals surface area contributed by atoms with Crippen LogP contribution in [-0.4, -0.2) is 19.8 Å². The monoisotopic (exact) mass is 414 g/mol. The summed E-state index contributed by atoms with van der Waals surface area (Å²) in [6, 6.07) is 13.8. The molecule has 0 bridgehead atoms. The number of alkyl halides is 2. The number of allylic oxidation sites excluding steroid dienone is 1. The van der Waals surface area contributed by atoms with E-state index in [9.17, 15) is 8.78 Å². The first kappa shape index (κ1) is 21.3. The Labute approximate surface area is 173 Å². The molecule has 3 nitrogen and oxygen atoms in total. The lowest BCUT2D eigenvalue weighted by atomic mass is 10.0. The number of halogens is 3. The molecule has 3 aromatic rings. The van der Waals surface area contributed by atoms with Crippen molar-refractivity contribution in [3.8, 4) is 28.4 Å². The highest BCUT2D eigenvalue weighted by Crippen LogP contribution is 2.39. The average molecular weight is 414 g/mol. The van der Waals surface area contributed by atoms with E-state index in [2.05, 4.69) is 11.3 Å². The van der Waals surface area contributed by atoms with E-state index in [0.29, 0.717) is 17.7 Å². The van der Waals surface area contributed by atoms with E-state index in [4.69, 9.17) is 9.47 Å². The Morgan fingerprint density at radius 2 is 1.70 bits per heavy atom. The van der Waals surface area contributed by atoms with Gasteiger partial charge in [0.1, 0.15) is 19.0 Å². The van der Waals surface area contributed by atoms with Gasteiger partial charge in [0.25, 0.3) is 0 Å². The van der Waals surface area contributed by atoms with Crippen LogP contribution in [0.1, 0.15) is 6.92 Å². The predicted octanol–water partition coefficient (Wildman–Crippen LogP) is 6.77. The number of hydrogen-bond donors (Lipinski definition) is 0. The molecular formula is C24H21F3O3. The van der Waals surface area contributed by atoms with Crippen LogP contribution in [0, 0.1) is 5.82 Å². The van der Waals surface area contributed by atoms with Crippen molar-refractivity contribution in [1.82, 2.24) is 0 Å². The van der Waals surface area contributed by atoms with Gasteiger partial charge in [-0.05, 0) is 47.7 Å². The molecule has 0 spiro atoms. The molecule has 0 amide bonds. The molecule has 0 heterocycles. The summed E-state index contributed by atoms with van der Waals surface area (Å²) in [5.41, 5.74) is 1.66. The van der Waals surface area contributed by atoms with Crippen molar-refractivity contribution in [3.63, 3.8) is 0 Å². The quantitative estimate of drug-likeness (QED) is 0.362. The second-order valence-electron chi connectivity index (χ2n) is 6.34. The lowest BCUT2D eigenvalue weighted by molar-refractivity contribution is -0.0515. The molecule has 0 radical (unpaired) electrons. The average Bonchev–Trinajstić information content (AvgIpc) is 2.74. The molecule has 30 heavy (non-hydrogen) atoms. The van der Waals surface area contributed by atoms with Crippen molar-refractivity contribution < 1.29 is 27.4 Å². The Kier molecular flexibility index (Phi) is 7.01. The first-order valence-electron chi connectivity index (χ1n) is 9.32. The maximum absolute atomic E-state index is 15.0. The first-order chi connectivity index (χ1) is 14.5. The molecule has 3 aromatic carbocycles. The molecule has 0 saturated carbocycles. The molecule has 0 aliphatic heterocycles. The highest BCUT2D eigenvalue weighted by molar-refractivity contribution is 5.90. The Bertz CT molecular complexity index is 1040. The van der Waals surface area contributed by atoms with Gasteiger partial charge in [-0.3, -0.25) is 0 Å². The van der Waals surface area contributed by atoms with Gasteiger partial charge in [0, 0.05) is 5.39 Å². The molecule has 3 rings (SSSR count). The van der Waals surface area contributed by atoms with Crippen molar-refractivity contribution in [2.24, 2.45) is 0 Å². The Morgan fingerprint density at radius 3 is 2.37 bits per heavy atom. The zero-order valence-corrected chi connectivity index (χ0v) is 16.4. The Balaban J connectivity index is 2.00. The smallest absolute Gasteiger partial charge is 0.387 e. The van der Waals surface area contributed by atoms with Crippen molar-refractivity contribution in [2.75, 3.05) is 13.2 Å². The van der Waals surface area contributed by atoms with E-state index < -0.39 is 12.4 Å². The zero-order chi connectivity index (χ0) is 21.5. The molecular weight excluding hydrogens is 393 g/mol. The molecule has 6 heteroatoms. The number of fused-ring (bicyclic) bond motifs is 1. The van der Waals surface area contributed by atoms with E-state index in [1.165, 1.54) is 6.07 Å². The molecule has 0 unspecified atom stereocenters. The van der Waals surface area contributed by atoms with Gasteiger partial charge in [0.15, 0.2) is 17.3 Å². The summed E-state index contributed by atoms with van der Waals surface area (Å²) in [7, 11) is 0. The molecule has 0 N–H and O–H groups in total. The molecule has 156 valence electrons.